The number of aliphatic carboxylic acids is 1. The van der Waals surface area contributed by atoms with Crippen LogP contribution in [0.3, 0.4) is 0 Å². The summed E-state index contributed by atoms with van der Waals surface area (Å²) in [4.78, 5) is 10.4. The van der Waals surface area contributed by atoms with Crippen molar-refractivity contribution in [3.05, 3.63) is 34.9 Å². The Kier molecular flexibility index (Phi) is 6.32. The van der Waals surface area contributed by atoms with Gasteiger partial charge < -0.3 is 10.8 Å². The van der Waals surface area contributed by atoms with Crippen LogP contribution >= 0.6 is 24.0 Å². The van der Waals surface area contributed by atoms with Crippen molar-refractivity contribution in [1.82, 2.24) is 0 Å². The lowest BCUT2D eigenvalue weighted by atomic mass is 10.1. The smallest absolute Gasteiger partial charge is 0.320 e. The number of hydrogen-bond acceptors (Lipinski definition) is 2. The molecule has 5 heteroatoms. The van der Waals surface area contributed by atoms with Gasteiger partial charge in [0.15, 0.2) is 0 Å². The van der Waals surface area contributed by atoms with E-state index in [1.54, 1.807) is 6.07 Å². The molecule has 0 aliphatic heterocycles. The van der Waals surface area contributed by atoms with E-state index in [1.807, 2.05) is 18.2 Å². The van der Waals surface area contributed by atoms with Crippen LogP contribution in [0.15, 0.2) is 24.3 Å². The number of hydrogen-bond donors (Lipinski definition) is 2. The molecular formula is C10H13Cl2NO2. The minimum atomic E-state index is -0.975. The fourth-order valence-corrected chi connectivity index (χ4v) is 1.37. The Morgan fingerprint density at radius 2 is 2.07 bits per heavy atom. The van der Waals surface area contributed by atoms with Crippen molar-refractivity contribution in [1.29, 1.82) is 0 Å². The molecule has 0 radical (unpaired) electrons. The van der Waals surface area contributed by atoms with Crippen LogP contribution in [0.25, 0.3) is 0 Å². The van der Waals surface area contributed by atoms with E-state index in [-0.39, 0.29) is 12.4 Å². The van der Waals surface area contributed by atoms with Crippen molar-refractivity contribution in [2.24, 2.45) is 5.73 Å². The Hall–Kier alpha value is -0.770. The Morgan fingerprint density at radius 3 is 2.60 bits per heavy atom. The highest BCUT2D eigenvalue weighted by Gasteiger charge is 2.11. The molecular weight excluding hydrogens is 237 g/mol. The second kappa shape index (κ2) is 6.67. The zero-order valence-electron chi connectivity index (χ0n) is 8.02. The fourth-order valence-electron chi connectivity index (χ4n) is 1.14. The van der Waals surface area contributed by atoms with E-state index in [1.165, 1.54) is 0 Å². The van der Waals surface area contributed by atoms with Crippen LogP contribution in [-0.4, -0.2) is 17.1 Å². The second-order valence-corrected chi connectivity index (χ2v) is 3.48. The van der Waals surface area contributed by atoms with Crippen LogP contribution in [0.5, 0.6) is 0 Å². The molecule has 0 aliphatic rings. The maximum absolute atomic E-state index is 10.4. The van der Waals surface area contributed by atoms with Crippen LogP contribution in [-0.2, 0) is 11.2 Å². The first-order chi connectivity index (χ1) is 6.61. The van der Waals surface area contributed by atoms with Crippen molar-refractivity contribution in [3.63, 3.8) is 0 Å². The molecule has 0 aliphatic carbocycles. The molecule has 3 nitrogen and oxygen atoms in total. The van der Waals surface area contributed by atoms with E-state index < -0.39 is 12.0 Å². The molecule has 0 fully saturated rings. The fraction of sp³-hybridized carbons (Fsp3) is 0.300. The molecule has 0 heterocycles. The minimum Gasteiger partial charge on any atom is -0.480 e. The molecule has 0 spiro atoms. The van der Waals surface area contributed by atoms with Gasteiger partial charge in [0.2, 0.25) is 0 Å². The van der Waals surface area contributed by atoms with Crippen molar-refractivity contribution >= 4 is 30.0 Å². The van der Waals surface area contributed by atoms with Gasteiger partial charge >= 0.3 is 5.97 Å². The van der Waals surface area contributed by atoms with Crippen molar-refractivity contribution in [2.45, 2.75) is 18.9 Å². The first kappa shape index (κ1) is 14.2. The quantitative estimate of drug-likeness (QED) is 0.860. The van der Waals surface area contributed by atoms with Crippen molar-refractivity contribution in [3.8, 4) is 0 Å². The van der Waals surface area contributed by atoms with E-state index in [0.717, 1.165) is 5.56 Å². The Bertz CT molecular complexity index is 331. The zero-order valence-corrected chi connectivity index (χ0v) is 9.59. The zero-order chi connectivity index (χ0) is 10.6. The largest absolute Gasteiger partial charge is 0.480 e. The normalized spacial score (nSPS) is 11.6. The van der Waals surface area contributed by atoms with Gasteiger partial charge in [-0.3, -0.25) is 4.79 Å². The molecule has 0 amide bonds. The molecule has 1 unspecified atom stereocenters. The SMILES string of the molecule is Cl.NC(CCc1ccccc1Cl)C(=O)O. The van der Waals surface area contributed by atoms with Crippen molar-refractivity contribution in [2.75, 3.05) is 0 Å². The number of rotatable bonds is 4. The number of carboxylic acids is 1. The van der Waals surface area contributed by atoms with Crippen LogP contribution in [0.2, 0.25) is 5.02 Å². The number of aryl methyl sites for hydroxylation is 1. The number of nitrogens with two attached hydrogens (primary N) is 1. The molecule has 3 N–H and O–H groups in total. The molecule has 15 heavy (non-hydrogen) atoms. The molecule has 1 aromatic rings. The monoisotopic (exact) mass is 249 g/mol. The van der Waals surface area contributed by atoms with Gasteiger partial charge in [-0.2, -0.15) is 0 Å². The molecule has 0 aromatic heterocycles. The summed E-state index contributed by atoms with van der Waals surface area (Å²) in [6.07, 6.45) is 0.992. The summed E-state index contributed by atoms with van der Waals surface area (Å²) < 4.78 is 0. The van der Waals surface area contributed by atoms with Crippen molar-refractivity contribution < 1.29 is 9.90 Å². The summed E-state index contributed by atoms with van der Waals surface area (Å²) in [5, 5.41) is 9.23. The van der Waals surface area contributed by atoms with Crippen LogP contribution < -0.4 is 5.73 Å². The maximum atomic E-state index is 10.4. The average molecular weight is 250 g/mol. The number of halogens is 2. The molecule has 0 saturated heterocycles. The molecule has 0 saturated carbocycles. The maximum Gasteiger partial charge on any atom is 0.320 e. The van der Waals surface area contributed by atoms with Gasteiger partial charge in [-0.25, -0.2) is 0 Å². The van der Waals surface area contributed by atoms with Gasteiger partial charge in [0.1, 0.15) is 6.04 Å². The molecule has 1 atom stereocenters. The topological polar surface area (TPSA) is 63.3 Å². The van der Waals surface area contributed by atoms with E-state index in [9.17, 15) is 4.79 Å². The summed E-state index contributed by atoms with van der Waals surface area (Å²) in [6, 6.07) is 6.54. The predicted molar refractivity (Wildman–Crippen MR) is 62.6 cm³/mol. The third-order valence-corrected chi connectivity index (χ3v) is 2.37. The highest BCUT2D eigenvalue weighted by Crippen LogP contribution is 2.16. The number of benzene rings is 1. The third kappa shape index (κ3) is 4.51. The molecule has 84 valence electrons. The molecule has 1 rings (SSSR count). The van der Waals surface area contributed by atoms with Gasteiger partial charge in [-0.15, -0.1) is 12.4 Å². The minimum absolute atomic E-state index is 0. The lowest BCUT2D eigenvalue weighted by Crippen LogP contribution is -2.30. The highest BCUT2D eigenvalue weighted by atomic mass is 35.5. The van der Waals surface area contributed by atoms with Crippen LogP contribution in [0.1, 0.15) is 12.0 Å². The Morgan fingerprint density at radius 1 is 1.47 bits per heavy atom. The lowest BCUT2D eigenvalue weighted by molar-refractivity contribution is -0.138. The average Bonchev–Trinajstić information content (AvgIpc) is 2.16. The summed E-state index contributed by atoms with van der Waals surface area (Å²) >= 11 is 5.90. The third-order valence-electron chi connectivity index (χ3n) is 2.00. The van der Waals surface area contributed by atoms with Crippen LogP contribution in [0.4, 0.5) is 0 Å². The summed E-state index contributed by atoms with van der Waals surface area (Å²) in [6.45, 7) is 0. The number of carboxylic acid groups (broad SMARTS) is 1. The van der Waals surface area contributed by atoms with Crippen LogP contribution in [0, 0.1) is 0 Å². The summed E-state index contributed by atoms with van der Waals surface area (Å²) in [5.74, 6) is -0.975. The standard InChI is InChI=1S/C10H12ClNO2.ClH/c11-8-4-2-1-3-7(8)5-6-9(12)10(13)14;/h1-4,9H,5-6,12H2,(H,13,14);1H. The summed E-state index contributed by atoms with van der Waals surface area (Å²) in [5.41, 5.74) is 6.31. The second-order valence-electron chi connectivity index (χ2n) is 3.07. The molecule has 0 bridgehead atoms. The Balaban J connectivity index is 0.00000196. The first-order valence-electron chi connectivity index (χ1n) is 4.33. The molecule has 1 aromatic carbocycles. The Labute approximate surface area is 99.6 Å². The van der Waals surface area contributed by atoms with Gasteiger partial charge in [0.05, 0.1) is 0 Å². The van der Waals surface area contributed by atoms with Gasteiger partial charge in [0, 0.05) is 5.02 Å². The van der Waals surface area contributed by atoms with E-state index in [2.05, 4.69) is 0 Å². The van der Waals surface area contributed by atoms with Gasteiger partial charge in [-0.1, -0.05) is 29.8 Å². The lowest BCUT2D eigenvalue weighted by Gasteiger charge is -2.07. The van der Waals surface area contributed by atoms with Gasteiger partial charge in [-0.05, 0) is 24.5 Å². The van der Waals surface area contributed by atoms with Gasteiger partial charge in [0.25, 0.3) is 0 Å². The van der Waals surface area contributed by atoms with E-state index >= 15 is 0 Å². The summed E-state index contributed by atoms with van der Waals surface area (Å²) in [7, 11) is 0. The number of carbonyl (C=O) groups is 1. The first-order valence-corrected chi connectivity index (χ1v) is 4.71. The highest BCUT2D eigenvalue weighted by molar-refractivity contribution is 6.31. The van der Waals surface area contributed by atoms with E-state index in [0.29, 0.717) is 17.9 Å². The predicted octanol–water partition coefficient (Wildman–Crippen LogP) is 2.11. The van der Waals surface area contributed by atoms with E-state index in [4.69, 9.17) is 22.4 Å².